The van der Waals surface area contributed by atoms with Gasteiger partial charge in [-0.3, -0.25) is 0 Å². The third-order valence-electron chi connectivity index (χ3n) is 3.05. The number of carbonyl (C=O) groups excluding carboxylic acids is 1. The zero-order valence-electron chi connectivity index (χ0n) is 11.8. The average Bonchev–Trinajstić information content (AvgIpc) is 2.64. The molecule has 1 unspecified atom stereocenters. The highest BCUT2D eigenvalue weighted by Gasteiger charge is 2.34. The van der Waals surface area contributed by atoms with Gasteiger partial charge in [0.2, 0.25) is 0 Å². The summed E-state index contributed by atoms with van der Waals surface area (Å²) < 4.78 is 28.5. The molecule has 1 aliphatic rings. The Morgan fingerprint density at radius 1 is 1.33 bits per heavy atom. The van der Waals surface area contributed by atoms with Crippen LogP contribution in [0.25, 0.3) is 0 Å². The van der Waals surface area contributed by atoms with Crippen molar-refractivity contribution in [2.75, 3.05) is 6.54 Å². The quantitative estimate of drug-likeness (QED) is 0.908. The molecule has 0 radical (unpaired) electrons. The Kier molecular flexibility index (Phi) is 4.40. The van der Waals surface area contributed by atoms with E-state index >= 15 is 0 Å². The molecule has 1 aliphatic heterocycles. The fraction of sp³-hybridized carbons (Fsp3) is 0.429. The van der Waals surface area contributed by atoms with Crippen LogP contribution in [0, 0.1) is 5.92 Å². The number of amides is 2. The summed E-state index contributed by atoms with van der Waals surface area (Å²) >= 11 is 0. The van der Waals surface area contributed by atoms with Crippen molar-refractivity contribution >= 4 is 11.9 Å². The number of hydrogen-bond acceptors (Lipinski definition) is 3. The molecule has 0 spiro atoms. The first kappa shape index (κ1) is 15.2. The summed E-state index contributed by atoms with van der Waals surface area (Å²) in [6.45, 7) is 1.62. The van der Waals surface area contributed by atoms with E-state index in [0.717, 1.165) is 0 Å². The van der Waals surface area contributed by atoms with Crippen molar-refractivity contribution in [1.82, 2.24) is 4.90 Å². The van der Waals surface area contributed by atoms with Crippen molar-refractivity contribution in [1.29, 1.82) is 0 Å². The average molecular weight is 297 g/mol. The van der Waals surface area contributed by atoms with Crippen LogP contribution in [0.3, 0.4) is 0 Å². The number of amidine groups is 1. The monoisotopic (exact) mass is 297 g/mol. The molecule has 1 atom stereocenters. The Balaban J connectivity index is 2.22. The van der Waals surface area contributed by atoms with Gasteiger partial charge in [-0.15, -0.1) is 0 Å². The molecular weight excluding hydrogens is 280 g/mol. The highest BCUT2D eigenvalue weighted by Crippen LogP contribution is 2.29. The molecule has 0 saturated carbocycles. The molecular formula is C14H17F2N3O2. The summed E-state index contributed by atoms with van der Waals surface area (Å²) in [5, 5.41) is 0. The van der Waals surface area contributed by atoms with E-state index in [2.05, 4.69) is 9.73 Å². The molecule has 2 amide bonds. The van der Waals surface area contributed by atoms with Crippen molar-refractivity contribution < 1.29 is 18.3 Å². The van der Waals surface area contributed by atoms with Crippen LogP contribution in [0.1, 0.15) is 25.5 Å². The van der Waals surface area contributed by atoms with E-state index in [-0.39, 0.29) is 23.5 Å². The molecule has 0 saturated heterocycles. The molecule has 21 heavy (non-hydrogen) atoms. The van der Waals surface area contributed by atoms with E-state index in [1.807, 2.05) is 13.8 Å². The van der Waals surface area contributed by atoms with Crippen LogP contribution in [0.2, 0.25) is 0 Å². The molecule has 0 fully saturated rings. The van der Waals surface area contributed by atoms with Gasteiger partial charge in [0, 0.05) is 6.54 Å². The number of urea groups is 1. The molecule has 0 aliphatic carbocycles. The lowest BCUT2D eigenvalue weighted by Crippen LogP contribution is -2.35. The minimum atomic E-state index is -2.87. The number of nitrogens with zero attached hydrogens (tertiary/aromatic N) is 2. The van der Waals surface area contributed by atoms with Crippen LogP contribution in [0.15, 0.2) is 29.3 Å². The molecule has 2 rings (SSSR count). The molecule has 1 heterocycles. The number of aliphatic imine (C=N–C) groups is 1. The Labute approximate surface area is 121 Å². The summed E-state index contributed by atoms with van der Waals surface area (Å²) in [4.78, 5) is 17.2. The molecule has 0 aromatic heterocycles. The Morgan fingerprint density at radius 3 is 2.48 bits per heavy atom. The number of hydrogen-bond donors (Lipinski definition) is 1. The molecule has 1 aromatic carbocycles. The first-order chi connectivity index (χ1) is 9.88. The van der Waals surface area contributed by atoms with Crippen LogP contribution in [0.4, 0.5) is 13.6 Å². The Bertz CT molecular complexity index is 544. The molecule has 114 valence electrons. The van der Waals surface area contributed by atoms with Crippen LogP contribution in [-0.4, -0.2) is 29.9 Å². The lowest BCUT2D eigenvalue weighted by molar-refractivity contribution is -0.0498. The molecule has 7 heteroatoms. The van der Waals surface area contributed by atoms with Gasteiger partial charge in [0.05, 0.1) is 0 Å². The minimum Gasteiger partial charge on any atom is -0.435 e. The maximum Gasteiger partial charge on any atom is 0.387 e. The minimum absolute atomic E-state index is 0.0593. The second-order valence-electron chi connectivity index (χ2n) is 5.22. The molecule has 5 nitrogen and oxygen atoms in total. The highest BCUT2D eigenvalue weighted by molar-refractivity contribution is 6.03. The van der Waals surface area contributed by atoms with Crippen molar-refractivity contribution in [3.63, 3.8) is 0 Å². The number of rotatable bonds is 5. The van der Waals surface area contributed by atoms with Gasteiger partial charge < -0.3 is 15.4 Å². The van der Waals surface area contributed by atoms with Crippen LogP contribution in [-0.2, 0) is 0 Å². The summed E-state index contributed by atoms with van der Waals surface area (Å²) in [6.07, 6.45) is 0. The normalized spacial score (nSPS) is 18.6. The number of benzene rings is 1. The summed E-state index contributed by atoms with van der Waals surface area (Å²) in [5.41, 5.74) is 6.53. The maximum absolute atomic E-state index is 12.1. The predicted molar refractivity (Wildman–Crippen MR) is 74.4 cm³/mol. The van der Waals surface area contributed by atoms with Gasteiger partial charge in [-0.1, -0.05) is 26.0 Å². The topological polar surface area (TPSA) is 67.9 Å². The van der Waals surface area contributed by atoms with Crippen molar-refractivity contribution in [3.8, 4) is 5.75 Å². The fourth-order valence-corrected chi connectivity index (χ4v) is 2.27. The number of ether oxygens (including phenoxy) is 1. The highest BCUT2D eigenvalue weighted by atomic mass is 19.3. The van der Waals surface area contributed by atoms with Crippen LogP contribution >= 0.6 is 0 Å². The standard InChI is InChI=1S/C14H17F2N3O2/c1-8(2)7-19-11(12(17)18-14(19)20)9-3-5-10(6-4-9)21-13(15)16/h3-6,8,11,13H,7H2,1-2H3,(H2,17,18,20). The van der Waals surface area contributed by atoms with E-state index in [1.165, 1.54) is 12.1 Å². The number of halogens is 2. The first-order valence-electron chi connectivity index (χ1n) is 6.58. The number of carbonyl (C=O) groups is 1. The van der Waals surface area contributed by atoms with E-state index in [4.69, 9.17) is 5.73 Å². The van der Waals surface area contributed by atoms with Gasteiger partial charge in [0.15, 0.2) is 0 Å². The number of nitrogens with two attached hydrogens (primary N) is 1. The van der Waals surface area contributed by atoms with E-state index in [9.17, 15) is 13.6 Å². The van der Waals surface area contributed by atoms with Gasteiger partial charge in [-0.2, -0.15) is 13.8 Å². The largest absolute Gasteiger partial charge is 0.435 e. The second-order valence-corrected chi connectivity index (χ2v) is 5.22. The fourth-order valence-electron chi connectivity index (χ4n) is 2.27. The lowest BCUT2D eigenvalue weighted by Gasteiger charge is -2.26. The van der Waals surface area contributed by atoms with E-state index in [1.54, 1.807) is 17.0 Å². The molecule has 0 bridgehead atoms. The third kappa shape index (κ3) is 3.48. The lowest BCUT2D eigenvalue weighted by atomic mass is 10.0. The zero-order chi connectivity index (χ0) is 15.6. The van der Waals surface area contributed by atoms with Crippen LogP contribution in [0.5, 0.6) is 5.75 Å². The predicted octanol–water partition coefficient (Wildman–Crippen LogP) is 2.78. The summed E-state index contributed by atoms with van der Waals surface area (Å²) in [7, 11) is 0. The summed E-state index contributed by atoms with van der Waals surface area (Å²) in [5.74, 6) is 0.533. The van der Waals surface area contributed by atoms with Gasteiger partial charge in [0.1, 0.15) is 17.6 Å². The smallest absolute Gasteiger partial charge is 0.387 e. The van der Waals surface area contributed by atoms with E-state index in [0.29, 0.717) is 12.1 Å². The van der Waals surface area contributed by atoms with Crippen molar-refractivity contribution in [3.05, 3.63) is 29.8 Å². The Morgan fingerprint density at radius 2 is 1.95 bits per heavy atom. The zero-order valence-corrected chi connectivity index (χ0v) is 11.8. The first-order valence-corrected chi connectivity index (χ1v) is 6.58. The molecule has 1 aromatic rings. The summed E-state index contributed by atoms with van der Waals surface area (Å²) in [6, 6.07) is 5.23. The number of alkyl halides is 2. The van der Waals surface area contributed by atoms with Gasteiger partial charge in [0.25, 0.3) is 0 Å². The maximum atomic E-state index is 12.1. The van der Waals surface area contributed by atoms with Gasteiger partial charge in [-0.25, -0.2) is 4.79 Å². The van der Waals surface area contributed by atoms with Gasteiger partial charge >= 0.3 is 12.6 Å². The third-order valence-corrected chi connectivity index (χ3v) is 3.05. The Hall–Kier alpha value is -2.18. The van der Waals surface area contributed by atoms with E-state index < -0.39 is 12.7 Å². The SMILES string of the molecule is CC(C)CN1C(=O)N=C(N)C1c1ccc(OC(F)F)cc1. The van der Waals surface area contributed by atoms with Crippen molar-refractivity contribution in [2.45, 2.75) is 26.5 Å². The van der Waals surface area contributed by atoms with Crippen LogP contribution < -0.4 is 10.5 Å². The second kappa shape index (κ2) is 6.07. The van der Waals surface area contributed by atoms with Crippen molar-refractivity contribution in [2.24, 2.45) is 16.6 Å². The van der Waals surface area contributed by atoms with Gasteiger partial charge in [-0.05, 0) is 23.6 Å². The molecule has 2 N–H and O–H groups in total.